The summed E-state index contributed by atoms with van der Waals surface area (Å²) in [6.45, 7) is 3.93. The Balaban J connectivity index is 1.96. The van der Waals surface area contributed by atoms with E-state index in [0.29, 0.717) is 12.8 Å². The lowest BCUT2D eigenvalue weighted by Crippen LogP contribution is -2.36. The third-order valence-electron chi connectivity index (χ3n) is 4.08. The highest BCUT2D eigenvalue weighted by atomic mass is 16.3. The zero-order chi connectivity index (χ0) is 13.3. The van der Waals surface area contributed by atoms with Crippen molar-refractivity contribution in [2.75, 3.05) is 0 Å². The molecule has 1 atom stereocenters. The Labute approximate surface area is 114 Å². The zero-order valence-electron chi connectivity index (χ0n) is 10.9. The van der Waals surface area contributed by atoms with Crippen molar-refractivity contribution >= 4 is 0 Å². The van der Waals surface area contributed by atoms with Crippen LogP contribution in [0.25, 0.3) is 0 Å². The average molecular weight is 250 g/mol. The summed E-state index contributed by atoms with van der Waals surface area (Å²) < 4.78 is 0. The molecule has 1 unspecified atom stereocenters. The molecule has 0 radical (unpaired) electrons. The van der Waals surface area contributed by atoms with E-state index in [0.717, 1.165) is 5.56 Å². The fourth-order valence-corrected chi connectivity index (χ4v) is 3.17. The van der Waals surface area contributed by atoms with Crippen LogP contribution in [-0.4, -0.2) is 10.7 Å². The quantitative estimate of drug-likeness (QED) is 0.827. The Hall–Kier alpha value is -1.86. The molecule has 0 saturated carbocycles. The van der Waals surface area contributed by atoms with Crippen LogP contribution in [0.5, 0.6) is 0 Å². The van der Waals surface area contributed by atoms with Gasteiger partial charge in [-0.2, -0.15) is 0 Å². The Morgan fingerprint density at radius 2 is 1.47 bits per heavy atom. The smallest absolute Gasteiger partial charge is 0.0830 e. The van der Waals surface area contributed by atoms with Crippen molar-refractivity contribution in [1.82, 2.24) is 0 Å². The van der Waals surface area contributed by atoms with Gasteiger partial charge in [-0.1, -0.05) is 60.7 Å². The van der Waals surface area contributed by atoms with Crippen molar-refractivity contribution in [2.24, 2.45) is 0 Å². The molecule has 1 nitrogen and oxygen atoms in total. The van der Waals surface area contributed by atoms with Gasteiger partial charge in [0.15, 0.2) is 0 Å². The third-order valence-corrected chi connectivity index (χ3v) is 4.08. The van der Waals surface area contributed by atoms with Crippen LogP contribution >= 0.6 is 0 Å². The molecule has 3 rings (SSSR count). The second kappa shape index (κ2) is 4.67. The van der Waals surface area contributed by atoms with Gasteiger partial charge in [-0.05, 0) is 16.7 Å². The first-order valence-corrected chi connectivity index (χ1v) is 6.69. The second-order valence-corrected chi connectivity index (χ2v) is 5.35. The largest absolute Gasteiger partial charge is 0.388 e. The number of fused-ring (bicyclic) bond motifs is 1. The van der Waals surface area contributed by atoms with Crippen LogP contribution in [0.2, 0.25) is 0 Å². The van der Waals surface area contributed by atoms with E-state index in [2.05, 4.69) is 30.8 Å². The van der Waals surface area contributed by atoms with E-state index in [9.17, 15) is 5.11 Å². The van der Waals surface area contributed by atoms with Gasteiger partial charge in [0.1, 0.15) is 0 Å². The van der Waals surface area contributed by atoms with Crippen LogP contribution in [0.1, 0.15) is 22.6 Å². The molecule has 2 aromatic carbocycles. The molecule has 1 aliphatic rings. The molecule has 0 aromatic heterocycles. The Morgan fingerprint density at radius 3 is 2.00 bits per heavy atom. The van der Waals surface area contributed by atoms with Gasteiger partial charge < -0.3 is 5.11 Å². The van der Waals surface area contributed by atoms with Crippen LogP contribution in [0.4, 0.5) is 0 Å². The predicted octanol–water partition coefficient (Wildman–Crippen LogP) is 3.49. The van der Waals surface area contributed by atoms with Gasteiger partial charge in [0.2, 0.25) is 0 Å². The van der Waals surface area contributed by atoms with E-state index in [1.165, 1.54) is 11.1 Å². The molecule has 2 aromatic rings. The molecule has 1 aliphatic carbocycles. The summed E-state index contributed by atoms with van der Waals surface area (Å²) in [6.07, 6.45) is 3.28. The lowest BCUT2D eigenvalue weighted by molar-refractivity contribution is 0.0366. The molecular weight excluding hydrogens is 232 g/mol. The van der Waals surface area contributed by atoms with Crippen molar-refractivity contribution in [3.8, 4) is 0 Å². The van der Waals surface area contributed by atoms with Crippen LogP contribution in [-0.2, 0) is 12.8 Å². The Bertz CT molecular complexity index is 561. The minimum Gasteiger partial charge on any atom is -0.388 e. The summed E-state index contributed by atoms with van der Waals surface area (Å²) in [5.74, 6) is -0.0268. The van der Waals surface area contributed by atoms with Crippen molar-refractivity contribution in [2.45, 2.75) is 24.4 Å². The topological polar surface area (TPSA) is 20.2 Å². The molecular formula is C18H18O. The summed E-state index contributed by atoms with van der Waals surface area (Å²) in [5.41, 5.74) is 2.90. The van der Waals surface area contributed by atoms with Crippen LogP contribution in [0.3, 0.4) is 0 Å². The molecule has 0 heterocycles. The molecule has 0 aliphatic heterocycles. The normalized spacial score (nSPS) is 17.7. The van der Waals surface area contributed by atoms with E-state index in [1.807, 2.05) is 36.4 Å². The third kappa shape index (κ3) is 2.11. The first-order valence-electron chi connectivity index (χ1n) is 6.69. The molecule has 0 bridgehead atoms. The maximum absolute atomic E-state index is 11.1. The maximum atomic E-state index is 11.1. The van der Waals surface area contributed by atoms with Gasteiger partial charge in [0, 0.05) is 18.8 Å². The van der Waals surface area contributed by atoms with Crippen LogP contribution in [0.15, 0.2) is 67.3 Å². The summed E-state index contributed by atoms with van der Waals surface area (Å²) in [5, 5.41) is 11.1. The highest BCUT2D eigenvalue weighted by molar-refractivity contribution is 5.39. The standard InChI is InChI=1S/C18H18O/c1-2-17(14-8-4-3-5-9-14)18(19)12-15-10-6-7-11-16(15)13-18/h2-11,17,19H,1,12-13H2. The predicted molar refractivity (Wildman–Crippen MR) is 78.2 cm³/mol. The first-order chi connectivity index (χ1) is 9.23. The van der Waals surface area contributed by atoms with E-state index in [4.69, 9.17) is 0 Å². The number of hydrogen-bond donors (Lipinski definition) is 1. The minimum absolute atomic E-state index is 0.0268. The molecule has 0 spiro atoms. The molecule has 0 amide bonds. The van der Waals surface area contributed by atoms with E-state index in [-0.39, 0.29) is 5.92 Å². The summed E-state index contributed by atoms with van der Waals surface area (Å²) >= 11 is 0. The van der Waals surface area contributed by atoms with Gasteiger partial charge in [-0.3, -0.25) is 0 Å². The average Bonchev–Trinajstić information content (AvgIpc) is 2.77. The monoisotopic (exact) mass is 250 g/mol. The van der Waals surface area contributed by atoms with Crippen molar-refractivity contribution in [1.29, 1.82) is 0 Å². The van der Waals surface area contributed by atoms with Gasteiger partial charge in [-0.25, -0.2) is 0 Å². The van der Waals surface area contributed by atoms with Gasteiger partial charge in [0.25, 0.3) is 0 Å². The summed E-state index contributed by atoms with van der Waals surface area (Å²) in [7, 11) is 0. The zero-order valence-corrected chi connectivity index (χ0v) is 10.9. The lowest BCUT2D eigenvalue weighted by Gasteiger charge is -2.30. The highest BCUT2D eigenvalue weighted by Crippen LogP contribution is 2.40. The van der Waals surface area contributed by atoms with Gasteiger partial charge in [0.05, 0.1) is 5.60 Å². The molecule has 19 heavy (non-hydrogen) atoms. The Morgan fingerprint density at radius 1 is 0.947 bits per heavy atom. The summed E-state index contributed by atoms with van der Waals surface area (Å²) in [4.78, 5) is 0. The second-order valence-electron chi connectivity index (χ2n) is 5.35. The maximum Gasteiger partial charge on any atom is 0.0830 e. The SMILES string of the molecule is C=CC(c1ccccc1)C1(O)Cc2ccccc2C1. The summed E-state index contributed by atoms with van der Waals surface area (Å²) in [6, 6.07) is 18.4. The molecule has 96 valence electrons. The van der Waals surface area contributed by atoms with Crippen LogP contribution in [0, 0.1) is 0 Å². The number of benzene rings is 2. The van der Waals surface area contributed by atoms with Gasteiger partial charge in [-0.15, -0.1) is 6.58 Å². The van der Waals surface area contributed by atoms with Crippen molar-refractivity contribution in [3.63, 3.8) is 0 Å². The van der Waals surface area contributed by atoms with Crippen molar-refractivity contribution in [3.05, 3.63) is 83.9 Å². The fraction of sp³-hybridized carbons (Fsp3) is 0.222. The Kier molecular flexibility index (Phi) is 3.00. The van der Waals surface area contributed by atoms with E-state index < -0.39 is 5.60 Å². The van der Waals surface area contributed by atoms with Crippen molar-refractivity contribution < 1.29 is 5.11 Å². The number of aliphatic hydroxyl groups is 1. The van der Waals surface area contributed by atoms with E-state index >= 15 is 0 Å². The molecule has 0 saturated heterocycles. The minimum atomic E-state index is -0.743. The molecule has 0 fully saturated rings. The lowest BCUT2D eigenvalue weighted by atomic mass is 9.80. The molecule has 1 heteroatoms. The van der Waals surface area contributed by atoms with E-state index in [1.54, 1.807) is 0 Å². The van der Waals surface area contributed by atoms with Crippen LogP contribution < -0.4 is 0 Å². The highest BCUT2D eigenvalue weighted by Gasteiger charge is 2.41. The van der Waals surface area contributed by atoms with Gasteiger partial charge >= 0.3 is 0 Å². The fourth-order valence-electron chi connectivity index (χ4n) is 3.17. The number of hydrogen-bond acceptors (Lipinski definition) is 1. The molecule has 1 N–H and O–H groups in total. The first kappa shape index (κ1) is 12.2. The number of rotatable bonds is 3.